The van der Waals surface area contributed by atoms with Gasteiger partial charge in [0.25, 0.3) is 0 Å². The van der Waals surface area contributed by atoms with Crippen molar-refractivity contribution in [2.24, 2.45) is 12.0 Å². The van der Waals surface area contributed by atoms with Crippen LogP contribution in [0, 0.1) is 17.9 Å². The van der Waals surface area contributed by atoms with Gasteiger partial charge < -0.3 is 9.41 Å². The van der Waals surface area contributed by atoms with E-state index >= 15 is 0 Å². The van der Waals surface area contributed by atoms with Crippen LogP contribution in [0.25, 0.3) is 56.8 Å². The first-order valence-electron chi connectivity index (χ1n) is 9.21. The summed E-state index contributed by atoms with van der Waals surface area (Å²) in [6.07, 6.45) is 0. The van der Waals surface area contributed by atoms with Gasteiger partial charge in [0.2, 0.25) is 0 Å². The van der Waals surface area contributed by atoms with Crippen molar-refractivity contribution >= 4 is 87.5 Å². The number of amidine groups is 1. The Morgan fingerprint density at radius 3 is 2.81 bits per heavy atom. The summed E-state index contributed by atoms with van der Waals surface area (Å²) in [5.74, 6) is -0.212. The summed E-state index contributed by atoms with van der Waals surface area (Å²) in [5.41, 5.74) is 5.32. The number of nitriles is 1. The van der Waals surface area contributed by atoms with Gasteiger partial charge in [-0.05, 0) is 24.3 Å². The zero-order valence-electron chi connectivity index (χ0n) is 15.9. The second-order valence-corrected chi connectivity index (χ2v) is 9.55. The SMILES string of the molecule is [C-]#[N+]C(C#N)=Nc1ccc(-c2cc3c(s2)c2sc4ccccc4c2n3C)c2nsnc12. The smallest absolute Gasteiger partial charge is 0.349 e. The summed E-state index contributed by atoms with van der Waals surface area (Å²) < 4.78 is 15.0. The van der Waals surface area contributed by atoms with Gasteiger partial charge in [0.05, 0.1) is 32.2 Å². The number of aromatic nitrogens is 3. The standard InChI is InChI=1S/C22H10N6S3/c1-24-17(10-23)25-13-8-7-11(18-19(13)27-31-26-18)16-9-14-21(30-16)22-20(28(14)2)12-5-3-4-6-15(12)29-22/h3-9H,2H3. The van der Waals surface area contributed by atoms with Crippen LogP contribution in [0.15, 0.2) is 47.5 Å². The molecule has 0 unspecified atom stereocenters. The van der Waals surface area contributed by atoms with Crippen LogP contribution in [-0.4, -0.2) is 19.1 Å². The van der Waals surface area contributed by atoms with Crippen molar-refractivity contribution in [2.45, 2.75) is 0 Å². The normalized spacial score (nSPS) is 12.2. The molecule has 31 heavy (non-hydrogen) atoms. The molecule has 0 N–H and O–H groups in total. The van der Waals surface area contributed by atoms with E-state index in [1.807, 2.05) is 17.4 Å². The van der Waals surface area contributed by atoms with Crippen LogP contribution in [0.2, 0.25) is 0 Å². The van der Waals surface area contributed by atoms with Gasteiger partial charge in [-0.25, -0.2) is 5.26 Å². The fourth-order valence-corrected chi connectivity index (χ4v) is 7.05. The van der Waals surface area contributed by atoms with Gasteiger partial charge in [-0.15, -0.1) is 27.7 Å². The van der Waals surface area contributed by atoms with E-state index in [4.69, 9.17) is 11.8 Å². The minimum Gasteiger partial charge on any atom is -0.351 e. The minimum atomic E-state index is -0.212. The van der Waals surface area contributed by atoms with Crippen LogP contribution >= 0.6 is 34.4 Å². The number of aliphatic imine (C=N–C) groups is 1. The number of aryl methyl sites for hydroxylation is 1. The quantitative estimate of drug-likeness (QED) is 0.165. The number of hydrogen-bond donors (Lipinski definition) is 0. The molecule has 0 aliphatic carbocycles. The molecule has 0 radical (unpaired) electrons. The largest absolute Gasteiger partial charge is 0.351 e. The minimum absolute atomic E-state index is 0.212. The van der Waals surface area contributed by atoms with Crippen LogP contribution in [0.4, 0.5) is 5.69 Å². The third kappa shape index (κ3) is 2.55. The third-order valence-corrected chi connectivity index (χ3v) is 8.29. The maximum atomic E-state index is 9.04. The highest BCUT2D eigenvalue weighted by atomic mass is 32.1. The first-order valence-corrected chi connectivity index (χ1v) is 11.6. The highest BCUT2D eigenvalue weighted by molar-refractivity contribution is 7.32. The molecular formula is C22H10N6S3. The molecule has 6 aromatic rings. The van der Waals surface area contributed by atoms with Gasteiger partial charge in [-0.3, -0.25) is 0 Å². The molecule has 0 atom stereocenters. The molecule has 0 saturated heterocycles. The molecule has 6 rings (SSSR count). The van der Waals surface area contributed by atoms with Crippen molar-refractivity contribution in [1.29, 1.82) is 5.26 Å². The summed E-state index contributed by atoms with van der Waals surface area (Å²) in [5, 5.41) is 10.3. The first-order chi connectivity index (χ1) is 15.2. The predicted molar refractivity (Wildman–Crippen MR) is 129 cm³/mol. The van der Waals surface area contributed by atoms with E-state index in [0.717, 1.165) is 27.7 Å². The molecule has 0 amide bonds. The van der Waals surface area contributed by atoms with Gasteiger partial charge in [-0.2, -0.15) is 8.75 Å². The molecule has 9 heteroatoms. The second-order valence-electron chi connectivity index (χ2n) is 6.91. The van der Waals surface area contributed by atoms with Gasteiger partial charge in [-0.1, -0.05) is 24.8 Å². The summed E-state index contributed by atoms with van der Waals surface area (Å²) in [6, 6.07) is 16.3. The highest BCUT2D eigenvalue weighted by Crippen LogP contribution is 2.46. The zero-order chi connectivity index (χ0) is 21.1. The van der Waals surface area contributed by atoms with E-state index in [-0.39, 0.29) is 5.84 Å². The molecular weight excluding hydrogens is 444 g/mol. The van der Waals surface area contributed by atoms with Crippen LogP contribution < -0.4 is 0 Å². The number of thiophene rings is 2. The first kappa shape index (κ1) is 18.2. The van der Waals surface area contributed by atoms with E-state index in [0.29, 0.717) is 11.2 Å². The Morgan fingerprint density at radius 1 is 1.13 bits per heavy atom. The Kier molecular flexibility index (Phi) is 3.92. The lowest BCUT2D eigenvalue weighted by atomic mass is 10.1. The molecule has 4 aromatic heterocycles. The lowest BCUT2D eigenvalue weighted by Gasteiger charge is -2.00. The fraction of sp³-hybridized carbons (Fsp3) is 0.0455. The van der Waals surface area contributed by atoms with Gasteiger partial charge in [0, 0.05) is 27.6 Å². The molecule has 0 aliphatic rings. The van der Waals surface area contributed by atoms with Crippen molar-refractivity contribution in [3.63, 3.8) is 0 Å². The lowest BCUT2D eigenvalue weighted by Crippen LogP contribution is -1.86. The molecule has 4 heterocycles. The molecule has 6 nitrogen and oxygen atoms in total. The molecule has 0 saturated carbocycles. The highest BCUT2D eigenvalue weighted by Gasteiger charge is 2.20. The van der Waals surface area contributed by atoms with Gasteiger partial charge >= 0.3 is 5.84 Å². The number of fused-ring (bicyclic) bond motifs is 6. The summed E-state index contributed by atoms with van der Waals surface area (Å²) in [7, 11) is 2.12. The van der Waals surface area contributed by atoms with Crippen LogP contribution in [0.1, 0.15) is 0 Å². The molecule has 0 bridgehead atoms. The van der Waals surface area contributed by atoms with Crippen molar-refractivity contribution in [2.75, 3.05) is 0 Å². The maximum Gasteiger partial charge on any atom is 0.349 e. The van der Waals surface area contributed by atoms with Crippen LogP contribution in [0.5, 0.6) is 0 Å². The molecule has 0 aliphatic heterocycles. The third-order valence-electron chi connectivity index (χ3n) is 5.28. The molecule has 146 valence electrons. The predicted octanol–water partition coefficient (Wildman–Crippen LogP) is 6.75. The van der Waals surface area contributed by atoms with Gasteiger partial charge in [0.1, 0.15) is 11.6 Å². The number of rotatable bonds is 2. The average molecular weight is 455 g/mol. The number of hydrogen-bond acceptors (Lipinski definition) is 7. The van der Waals surface area contributed by atoms with Crippen molar-refractivity contribution in [1.82, 2.24) is 13.3 Å². The number of benzene rings is 2. The molecule has 0 spiro atoms. The number of nitrogens with zero attached hydrogens (tertiary/aromatic N) is 6. The Hall–Kier alpha value is -3.63. The van der Waals surface area contributed by atoms with Crippen LogP contribution in [-0.2, 0) is 7.05 Å². The van der Waals surface area contributed by atoms with E-state index in [1.165, 1.54) is 30.5 Å². The van der Waals surface area contributed by atoms with Crippen LogP contribution in [0.3, 0.4) is 0 Å². The average Bonchev–Trinajstić information content (AvgIpc) is 3.55. The Morgan fingerprint density at radius 2 is 1.97 bits per heavy atom. The Balaban J connectivity index is 1.58. The topological polar surface area (TPSA) is 71.2 Å². The van der Waals surface area contributed by atoms with Crippen molar-refractivity contribution in [3.8, 4) is 16.5 Å². The van der Waals surface area contributed by atoms with E-state index in [1.54, 1.807) is 23.5 Å². The van der Waals surface area contributed by atoms with E-state index in [9.17, 15) is 0 Å². The monoisotopic (exact) mass is 454 g/mol. The second kappa shape index (κ2) is 6.69. The van der Waals surface area contributed by atoms with Gasteiger partial charge in [0.15, 0.2) is 11.2 Å². The van der Waals surface area contributed by atoms with Crippen molar-refractivity contribution in [3.05, 3.63) is 53.9 Å². The van der Waals surface area contributed by atoms with E-state index < -0.39 is 0 Å². The zero-order valence-corrected chi connectivity index (χ0v) is 18.4. The Labute approximate surface area is 188 Å². The maximum absolute atomic E-state index is 9.04. The fourth-order valence-electron chi connectivity index (χ4n) is 3.90. The summed E-state index contributed by atoms with van der Waals surface area (Å²) in [6.45, 7) is 7.07. The Bertz CT molecular complexity index is 1760. The van der Waals surface area contributed by atoms with E-state index in [2.05, 4.69) is 60.5 Å². The summed E-state index contributed by atoms with van der Waals surface area (Å²) >= 11 is 4.69. The van der Waals surface area contributed by atoms with Crippen molar-refractivity contribution < 1.29 is 0 Å². The molecule has 0 fully saturated rings. The molecule has 2 aromatic carbocycles. The lowest BCUT2D eigenvalue weighted by molar-refractivity contribution is 1.02. The summed E-state index contributed by atoms with van der Waals surface area (Å²) in [4.78, 5) is 8.41.